The van der Waals surface area contributed by atoms with Crippen LogP contribution in [0.25, 0.3) is 0 Å². The molecule has 1 aliphatic heterocycles. The van der Waals surface area contributed by atoms with Crippen LogP contribution in [0.5, 0.6) is 0 Å². The second-order valence-electron chi connectivity index (χ2n) is 14.5. The maximum absolute atomic E-state index is 12.8. The predicted octanol–water partition coefficient (Wildman–Crippen LogP) is 12.0. The molecule has 1 saturated heterocycles. The summed E-state index contributed by atoms with van der Waals surface area (Å²) in [6.45, 7) is 11.3. The molecule has 1 aliphatic rings. The first-order valence-electron chi connectivity index (χ1n) is 21.1. The highest BCUT2D eigenvalue weighted by Crippen LogP contribution is 2.12. The Hall–Kier alpha value is -1.69. The van der Waals surface area contributed by atoms with Gasteiger partial charge in [0.25, 0.3) is 0 Å². The van der Waals surface area contributed by atoms with Crippen molar-refractivity contribution in [2.24, 2.45) is 0 Å². The standard InChI is InChI=1S/C44H81N3O2/c1-4-6-8-10-12-14-16-18-20-22-24-26-28-30-32-34-37-47(49-44(48)36-39-46-42-40-45(3)41-43-46)38-35-33-31-29-27-25-23-21-19-17-15-13-11-9-7-5-2/h12-15,18-21H,4-11,16-17,22-43H2,1-3H3/b14-12-,15-13-,20-18-,21-19-. The van der Waals surface area contributed by atoms with Crippen molar-refractivity contribution in [2.45, 2.75) is 174 Å². The van der Waals surface area contributed by atoms with Gasteiger partial charge in [0.2, 0.25) is 0 Å². The zero-order valence-electron chi connectivity index (χ0n) is 32.9. The third-order valence-electron chi connectivity index (χ3n) is 9.68. The Morgan fingerprint density at radius 2 is 0.918 bits per heavy atom. The van der Waals surface area contributed by atoms with Crippen molar-refractivity contribution >= 4 is 5.97 Å². The van der Waals surface area contributed by atoms with Gasteiger partial charge < -0.3 is 14.6 Å². The Bertz CT molecular complexity index is 780. The van der Waals surface area contributed by atoms with Crippen LogP contribution in [0.4, 0.5) is 0 Å². The minimum absolute atomic E-state index is 0.0565. The van der Waals surface area contributed by atoms with E-state index in [9.17, 15) is 4.79 Å². The van der Waals surface area contributed by atoms with Crippen molar-refractivity contribution in [3.05, 3.63) is 48.6 Å². The molecule has 0 unspecified atom stereocenters. The van der Waals surface area contributed by atoms with E-state index in [1.807, 2.05) is 5.06 Å². The summed E-state index contributed by atoms with van der Waals surface area (Å²) in [4.78, 5) is 23.5. The van der Waals surface area contributed by atoms with E-state index in [0.29, 0.717) is 6.42 Å². The molecule has 1 fully saturated rings. The zero-order chi connectivity index (χ0) is 35.3. The summed E-state index contributed by atoms with van der Waals surface area (Å²) in [6.07, 6.45) is 49.2. The third-order valence-corrected chi connectivity index (χ3v) is 9.68. The van der Waals surface area contributed by atoms with Crippen molar-refractivity contribution in [1.29, 1.82) is 0 Å². The van der Waals surface area contributed by atoms with Crippen LogP contribution in [-0.2, 0) is 9.63 Å². The minimum atomic E-state index is -0.0565. The summed E-state index contributed by atoms with van der Waals surface area (Å²) in [7, 11) is 2.17. The summed E-state index contributed by atoms with van der Waals surface area (Å²) in [6, 6.07) is 0. The molecular weight excluding hydrogens is 603 g/mol. The van der Waals surface area contributed by atoms with Gasteiger partial charge in [-0.3, -0.25) is 4.79 Å². The van der Waals surface area contributed by atoms with E-state index in [-0.39, 0.29) is 5.97 Å². The molecule has 0 radical (unpaired) electrons. The van der Waals surface area contributed by atoms with Crippen LogP contribution in [0.1, 0.15) is 174 Å². The van der Waals surface area contributed by atoms with E-state index in [4.69, 9.17) is 4.84 Å². The molecule has 5 heteroatoms. The highest BCUT2D eigenvalue weighted by molar-refractivity contribution is 5.69. The zero-order valence-corrected chi connectivity index (χ0v) is 32.9. The molecule has 284 valence electrons. The molecule has 49 heavy (non-hydrogen) atoms. The highest BCUT2D eigenvalue weighted by atomic mass is 16.7. The predicted molar refractivity (Wildman–Crippen MR) is 215 cm³/mol. The lowest BCUT2D eigenvalue weighted by Crippen LogP contribution is -2.45. The molecule has 0 N–H and O–H groups in total. The first kappa shape index (κ1) is 45.3. The van der Waals surface area contributed by atoms with Gasteiger partial charge in [-0.25, -0.2) is 0 Å². The average Bonchev–Trinajstić information content (AvgIpc) is 3.10. The lowest BCUT2D eigenvalue weighted by atomic mass is 10.1. The molecule has 0 aromatic heterocycles. The van der Waals surface area contributed by atoms with Crippen LogP contribution in [0.2, 0.25) is 0 Å². The van der Waals surface area contributed by atoms with Gasteiger partial charge in [-0.15, -0.1) is 5.06 Å². The molecule has 0 atom stereocenters. The number of unbranched alkanes of at least 4 members (excludes halogenated alkanes) is 18. The number of nitrogens with zero attached hydrogens (tertiary/aromatic N) is 3. The van der Waals surface area contributed by atoms with E-state index in [0.717, 1.165) is 71.5 Å². The largest absolute Gasteiger partial charge is 0.368 e. The molecular formula is C44H81N3O2. The summed E-state index contributed by atoms with van der Waals surface area (Å²) < 4.78 is 0. The quantitative estimate of drug-likeness (QED) is 0.0383. The van der Waals surface area contributed by atoms with Crippen LogP contribution in [0.15, 0.2) is 48.6 Å². The normalized spacial score (nSPS) is 14.9. The molecule has 0 aromatic rings. The third kappa shape index (κ3) is 32.0. The molecule has 1 heterocycles. The number of hydrogen-bond acceptors (Lipinski definition) is 5. The monoisotopic (exact) mass is 684 g/mol. The Labute approximate surface area is 305 Å². The fraction of sp³-hybridized carbons (Fsp3) is 0.795. The first-order valence-corrected chi connectivity index (χ1v) is 21.1. The van der Waals surface area contributed by atoms with Crippen molar-refractivity contribution in [3.8, 4) is 0 Å². The van der Waals surface area contributed by atoms with Gasteiger partial charge in [-0.1, -0.05) is 140 Å². The molecule has 0 spiro atoms. The van der Waals surface area contributed by atoms with Gasteiger partial charge in [0.15, 0.2) is 0 Å². The van der Waals surface area contributed by atoms with Crippen LogP contribution >= 0.6 is 0 Å². The summed E-state index contributed by atoms with van der Waals surface area (Å²) >= 11 is 0. The van der Waals surface area contributed by atoms with E-state index < -0.39 is 0 Å². The van der Waals surface area contributed by atoms with Gasteiger partial charge in [-0.05, 0) is 84.1 Å². The van der Waals surface area contributed by atoms with Crippen LogP contribution in [-0.4, -0.2) is 73.7 Å². The van der Waals surface area contributed by atoms with Crippen LogP contribution in [0.3, 0.4) is 0 Å². The van der Waals surface area contributed by atoms with Crippen molar-refractivity contribution in [1.82, 2.24) is 14.9 Å². The number of carbonyl (C=O) groups is 1. The lowest BCUT2D eigenvalue weighted by Gasteiger charge is -2.32. The van der Waals surface area contributed by atoms with E-state index in [2.05, 4.69) is 79.3 Å². The number of rotatable bonds is 34. The number of piperazine rings is 1. The van der Waals surface area contributed by atoms with Crippen molar-refractivity contribution in [3.63, 3.8) is 0 Å². The van der Waals surface area contributed by atoms with Crippen LogP contribution in [0, 0.1) is 0 Å². The van der Waals surface area contributed by atoms with E-state index >= 15 is 0 Å². The maximum Gasteiger partial charge on any atom is 0.326 e. The summed E-state index contributed by atoms with van der Waals surface area (Å²) in [5.74, 6) is -0.0565. The Balaban J connectivity index is 2.19. The Morgan fingerprint density at radius 1 is 0.531 bits per heavy atom. The minimum Gasteiger partial charge on any atom is -0.368 e. The second-order valence-corrected chi connectivity index (χ2v) is 14.5. The van der Waals surface area contributed by atoms with Gasteiger partial charge >= 0.3 is 5.97 Å². The van der Waals surface area contributed by atoms with Gasteiger partial charge in [0.1, 0.15) is 0 Å². The van der Waals surface area contributed by atoms with Gasteiger partial charge in [0, 0.05) is 45.8 Å². The molecule has 0 saturated carbocycles. The molecule has 0 bridgehead atoms. The van der Waals surface area contributed by atoms with Gasteiger partial charge in [-0.2, -0.15) is 0 Å². The van der Waals surface area contributed by atoms with E-state index in [1.165, 1.54) is 128 Å². The SMILES string of the molecule is CCCCC/C=C\C/C=C\CCCCCCCCN(CCCCCCCC/C=C\C/C=C\CCCCC)OC(=O)CCN1CCN(C)CC1. The molecule has 1 rings (SSSR count). The fourth-order valence-electron chi connectivity index (χ4n) is 6.27. The Kier molecular flexibility index (Phi) is 33.4. The fourth-order valence-corrected chi connectivity index (χ4v) is 6.27. The van der Waals surface area contributed by atoms with Gasteiger partial charge in [0.05, 0.1) is 6.42 Å². The first-order chi connectivity index (χ1) is 24.2. The number of hydroxylamine groups is 2. The maximum atomic E-state index is 12.8. The van der Waals surface area contributed by atoms with Crippen molar-refractivity contribution < 1.29 is 9.63 Å². The highest BCUT2D eigenvalue weighted by Gasteiger charge is 2.17. The molecule has 5 nitrogen and oxygen atoms in total. The van der Waals surface area contributed by atoms with E-state index in [1.54, 1.807) is 0 Å². The molecule has 0 aliphatic carbocycles. The summed E-state index contributed by atoms with van der Waals surface area (Å²) in [5, 5.41) is 2.00. The van der Waals surface area contributed by atoms with Crippen molar-refractivity contribution in [2.75, 3.05) is 52.9 Å². The Morgan fingerprint density at radius 3 is 1.35 bits per heavy atom. The smallest absolute Gasteiger partial charge is 0.326 e. The topological polar surface area (TPSA) is 36.0 Å². The number of likely N-dealkylation sites (N-methyl/N-ethyl adjacent to an activating group) is 1. The summed E-state index contributed by atoms with van der Waals surface area (Å²) in [5.41, 5.74) is 0. The second kappa shape index (κ2) is 36.1. The lowest BCUT2D eigenvalue weighted by molar-refractivity contribution is -0.191. The molecule has 0 amide bonds. The number of carbonyl (C=O) groups excluding carboxylic acids is 1. The number of hydrogen-bond donors (Lipinski definition) is 0. The van der Waals surface area contributed by atoms with Crippen LogP contribution < -0.4 is 0 Å². The molecule has 0 aromatic carbocycles. The number of allylic oxidation sites excluding steroid dienone is 8. The average molecular weight is 684 g/mol.